The Labute approximate surface area is 173 Å². The van der Waals surface area contributed by atoms with Crippen molar-refractivity contribution in [2.45, 2.75) is 11.4 Å². The lowest BCUT2D eigenvalue weighted by molar-refractivity contribution is 0.0851. The van der Waals surface area contributed by atoms with Gasteiger partial charge in [-0.15, -0.1) is 0 Å². The molecule has 0 saturated heterocycles. The maximum Gasteiger partial charge on any atom is 0.261 e. The molecule has 5 rings (SSSR count). The highest BCUT2D eigenvalue weighted by atomic mass is 32.2. The Hall–Kier alpha value is -3.65. The first-order valence-corrected chi connectivity index (χ1v) is 10.7. The summed E-state index contributed by atoms with van der Waals surface area (Å²) < 4.78 is 33.1. The van der Waals surface area contributed by atoms with Crippen LogP contribution >= 0.6 is 0 Å². The van der Waals surface area contributed by atoms with Crippen LogP contribution < -0.4 is 9.46 Å². The van der Waals surface area contributed by atoms with Crippen LogP contribution in [0.4, 0.5) is 11.4 Å². The van der Waals surface area contributed by atoms with E-state index in [9.17, 15) is 13.2 Å². The van der Waals surface area contributed by atoms with Crippen LogP contribution in [-0.2, 0) is 16.6 Å². The van der Waals surface area contributed by atoms with Crippen LogP contribution in [0.25, 0.3) is 0 Å². The van der Waals surface area contributed by atoms with Crippen molar-refractivity contribution >= 4 is 33.1 Å². The fourth-order valence-electron chi connectivity index (χ4n) is 3.66. The van der Waals surface area contributed by atoms with E-state index in [2.05, 4.69) is 9.71 Å². The van der Waals surface area contributed by atoms with Gasteiger partial charge in [-0.25, -0.2) is 13.4 Å². The average Bonchev–Trinajstić information content (AvgIpc) is 3.04. The quantitative estimate of drug-likeness (QED) is 0.701. The summed E-state index contributed by atoms with van der Waals surface area (Å²) in [5, 5.41) is 0. The van der Waals surface area contributed by atoms with Crippen molar-refractivity contribution in [3.8, 4) is 5.75 Å². The van der Waals surface area contributed by atoms with E-state index >= 15 is 0 Å². The molecule has 2 aliphatic rings. The van der Waals surface area contributed by atoms with E-state index in [0.717, 1.165) is 16.8 Å². The molecule has 1 N–H and O–H groups in total. The Morgan fingerprint density at radius 2 is 1.73 bits per heavy atom. The van der Waals surface area contributed by atoms with Gasteiger partial charge in [0.05, 0.1) is 29.8 Å². The van der Waals surface area contributed by atoms with Gasteiger partial charge < -0.3 is 4.74 Å². The number of anilines is 1. The van der Waals surface area contributed by atoms with Crippen molar-refractivity contribution in [2.75, 3.05) is 11.8 Å². The number of fused-ring (bicyclic) bond motifs is 4. The van der Waals surface area contributed by atoms with Crippen molar-refractivity contribution < 1.29 is 17.9 Å². The zero-order chi connectivity index (χ0) is 20.9. The number of methoxy groups -OCH3 is 1. The number of benzene rings is 3. The fraction of sp³-hybridized carbons (Fsp3) is 0.0909. The molecule has 150 valence electrons. The van der Waals surface area contributed by atoms with Gasteiger partial charge in [0.2, 0.25) is 0 Å². The molecule has 2 heterocycles. The summed E-state index contributed by atoms with van der Waals surface area (Å²) in [4.78, 5) is 19.1. The summed E-state index contributed by atoms with van der Waals surface area (Å²) >= 11 is 0. The molecule has 0 aliphatic carbocycles. The van der Waals surface area contributed by atoms with Gasteiger partial charge in [0, 0.05) is 11.3 Å². The number of nitrogens with zero attached hydrogens (tertiary/aromatic N) is 2. The molecule has 0 atom stereocenters. The smallest absolute Gasteiger partial charge is 0.261 e. The highest BCUT2D eigenvalue weighted by molar-refractivity contribution is 7.92. The third-order valence-corrected chi connectivity index (χ3v) is 6.55. The van der Waals surface area contributed by atoms with Crippen molar-refractivity contribution in [1.29, 1.82) is 0 Å². The minimum absolute atomic E-state index is 0.0979. The molecule has 0 saturated carbocycles. The number of hydrogen-bond acceptors (Lipinski definition) is 5. The lowest BCUT2D eigenvalue weighted by Crippen LogP contribution is -2.31. The number of sulfonamides is 1. The van der Waals surface area contributed by atoms with Gasteiger partial charge in [0.15, 0.2) is 0 Å². The van der Waals surface area contributed by atoms with E-state index in [0.29, 0.717) is 29.4 Å². The van der Waals surface area contributed by atoms with Crippen molar-refractivity contribution in [2.24, 2.45) is 4.99 Å². The first-order valence-electron chi connectivity index (χ1n) is 9.26. The molecule has 7 nitrogen and oxygen atoms in total. The van der Waals surface area contributed by atoms with Gasteiger partial charge in [-0.3, -0.25) is 14.4 Å². The molecule has 0 bridgehead atoms. The van der Waals surface area contributed by atoms with E-state index in [-0.39, 0.29) is 10.8 Å². The average molecular weight is 419 g/mol. The number of rotatable bonds is 4. The Morgan fingerprint density at radius 1 is 1.00 bits per heavy atom. The molecule has 30 heavy (non-hydrogen) atoms. The highest BCUT2D eigenvalue weighted by Crippen LogP contribution is 2.35. The minimum Gasteiger partial charge on any atom is -0.497 e. The van der Waals surface area contributed by atoms with Crippen molar-refractivity contribution in [3.63, 3.8) is 0 Å². The predicted molar refractivity (Wildman–Crippen MR) is 113 cm³/mol. The fourth-order valence-corrected chi connectivity index (χ4v) is 4.71. The van der Waals surface area contributed by atoms with E-state index in [4.69, 9.17) is 4.74 Å². The normalized spacial score (nSPS) is 14.5. The van der Waals surface area contributed by atoms with Crippen LogP contribution in [0.15, 0.2) is 76.6 Å². The summed E-state index contributed by atoms with van der Waals surface area (Å²) in [7, 11) is -2.24. The molecule has 2 aliphatic heterocycles. The van der Waals surface area contributed by atoms with Gasteiger partial charge in [-0.05, 0) is 54.1 Å². The molecule has 0 spiro atoms. The molecule has 0 aromatic heterocycles. The van der Waals surface area contributed by atoms with Crippen LogP contribution in [0.2, 0.25) is 0 Å². The maximum absolute atomic E-state index is 12.7. The molecule has 0 unspecified atom stereocenters. The van der Waals surface area contributed by atoms with E-state index in [1.165, 1.54) is 19.2 Å². The monoisotopic (exact) mass is 419 g/mol. The van der Waals surface area contributed by atoms with Crippen molar-refractivity contribution in [1.82, 2.24) is 4.90 Å². The second-order valence-electron chi connectivity index (χ2n) is 7.00. The Morgan fingerprint density at radius 3 is 2.47 bits per heavy atom. The summed E-state index contributed by atoms with van der Waals surface area (Å²) in [6, 6.07) is 18.7. The molecule has 0 radical (unpaired) electrons. The molecule has 1 amide bonds. The second-order valence-corrected chi connectivity index (χ2v) is 8.68. The number of ether oxygens (including phenoxy) is 1. The highest BCUT2D eigenvalue weighted by Gasteiger charge is 2.36. The number of nitrogens with one attached hydrogen (secondary N) is 1. The van der Waals surface area contributed by atoms with Crippen LogP contribution in [0.3, 0.4) is 0 Å². The number of amidine groups is 1. The summed E-state index contributed by atoms with van der Waals surface area (Å²) in [5.74, 6) is 1.11. The van der Waals surface area contributed by atoms with Gasteiger partial charge in [-0.1, -0.05) is 18.2 Å². The van der Waals surface area contributed by atoms with Gasteiger partial charge in [0.25, 0.3) is 15.9 Å². The molecule has 0 fully saturated rings. The largest absolute Gasteiger partial charge is 0.497 e. The number of carbonyl (C=O) groups is 1. The molecular weight excluding hydrogens is 402 g/mol. The SMILES string of the molecule is COc1ccc(S(=O)(=O)Nc2ccc3c(c2)CN2C(=O)c4ccccc4C2=N3)cc1. The summed E-state index contributed by atoms with van der Waals surface area (Å²) in [6.07, 6.45) is 0. The predicted octanol–water partition coefficient (Wildman–Crippen LogP) is 3.54. The first-order chi connectivity index (χ1) is 14.5. The van der Waals surface area contributed by atoms with Crippen LogP contribution in [-0.4, -0.2) is 32.2 Å². The lowest BCUT2D eigenvalue weighted by Gasteiger charge is -2.24. The zero-order valence-electron chi connectivity index (χ0n) is 16.0. The molecule has 3 aromatic rings. The van der Waals surface area contributed by atoms with Crippen molar-refractivity contribution in [3.05, 3.63) is 83.4 Å². The first kappa shape index (κ1) is 18.4. The number of carbonyl (C=O) groups excluding carboxylic acids is 1. The molecule has 3 aromatic carbocycles. The summed E-state index contributed by atoms with van der Waals surface area (Å²) in [6.45, 7) is 0.333. The molecule has 8 heteroatoms. The third kappa shape index (κ3) is 2.93. The van der Waals surface area contributed by atoms with Crippen LogP contribution in [0, 0.1) is 0 Å². The second kappa shape index (κ2) is 6.70. The standard InChI is InChI=1S/C22H17N3O4S/c1-29-16-7-9-17(10-8-16)30(27,28)24-15-6-11-20-14(12-15)13-25-21(23-20)18-4-2-3-5-19(18)22(25)26/h2-12,24H,13H2,1H3. The number of aliphatic imine (C=N–C) groups is 1. The van der Waals surface area contributed by atoms with Crippen LogP contribution in [0.1, 0.15) is 21.5 Å². The number of hydrogen-bond donors (Lipinski definition) is 1. The minimum atomic E-state index is -3.76. The van der Waals surface area contributed by atoms with Gasteiger partial charge >= 0.3 is 0 Å². The lowest BCUT2D eigenvalue weighted by atomic mass is 10.1. The topological polar surface area (TPSA) is 88.1 Å². The Bertz CT molecular complexity index is 1310. The maximum atomic E-state index is 12.7. The molecular formula is C22H17N3O4S. The van der Waals surface area contributed by atoms with E-state index in [1.54, 1.807) is 41.3 Å². The Balaban J connectivity index is 1.45. The van der Waals surface area contributed by atoms with Gasteiger partial charge in [0.1, 0.15) is 11.6 Å². The zero-order valence-corrected chi connectivity index (χ0v) is 16.8. The third-order valence-electron chi connectivity index (χ3n) is 5.16. The van der Waals surface area contributed by atoms with E-state index in [1.807, 2.05) is 18.2 Å². The summed E-state index contributed by atoms with van der Waals surface area (Å²) in [5.41, 5.74) is 3.35. The van der Waals surface area contributed by atoms with E-state index < -0.39 is 10.0 Å². The van der Waals surface area contributed by atoms with Gasteiger partial charge in [-0.2, -0.15) is 0 Å². The Kier molecular flexibility index (Phi) is 4.11. The van der Waals surface area contributed by atoms with Crippen LogP contribution in [0.5, 0.6) is 5.75 Å². The number of amides is 1.